The first-order chi connectivity index (χ1) is 10.6. The number of amides is 2. The van der Waals surface area contributed by atoms with E-state index in [1.165, 1.54) is 23.8 Å². The fourth-order valence-corrected chi connectivity index (χ4v) is 2.25. The predicted octanol–water partition coefficient (Wildman–Crippen LogP) is 2.41. The number of nitrogens with two attached hydrogens (primary N) is 1. The number of rotatable bonds is 5. The van der Waals surface area contributed by atoms with E-state index in [0.717, 1.165) is 0 Å². The molecule has 0 bridgehead atoms. The Bertz CT molecular complexity index is 581. The highest BCUT2D eigenvalue weighted by atomic mass is 16.5. The van der Waals surface area contributed by atoms with Crippen LogP contribution in [0.25, 0.3) is 0 Å². The molecule has 0 spiro atoms. The van der Waals surface area contributed by atoms with Crippen LogP contribution in [0.15, 0.2) is 18.2 Å². The number of carbonyl (C=O) groups is 2. The zero-order valence-corrected chi connectivity index (χ0v) is 14.3. The first kappa shape index (κ1) is 18.6. The van der Waals surface area contributed by atoms with Gasteiger partial charge >= 0.3 is 6.09 Å². The van der Waals surface area contributed by atoms with Crippen LogP contribution in [-0.2, 0) is 4.79 Å². The normalized spacial score (nSPS) is 11.0. The Hall–Kier alpha value is -2.44. The van der Waals surface area contributed by atoms with Crippen LogP contribution in [0.2, 0.25) is 0 Å². The first-order valence-electron chi connectivity index (χ1n) is 7.30. The lowest BCUT2D eigenvalue weighted by Crippen LogP contribution is -2.49. The van der Waals surface area contributed by atoms with Gasteiger partial charge in [0.05, 0.1) is 12.8 Å². The van der Waals surface area contributed by atoms with Crippen LogP contribution in [0.3, 0.4) is 0 Å². The lowest BCUT2D eigenvalue weighted by atomic mass is 10.1. The SMILES string of the molecule is COc1cc(N(CCN(C(=O)O)C(C)(C)C)C(C)=O)ccc1N. The van der Waals surface area contributed by atoms with Gasteiger partial charge in [0.2, 0.25) is 5.91 Å². The van der Waals surface area contributed by atoms with Gasteiger partial charge in [0, 0.05) is 37.3 Å². The molecule has 23 heavy (non-hydrogen) atoms. The van der Waals surface area contributed by atoms with E-state index in [9.17, 15) is 14.7 Å². The van der Waals surface area contributed by atoms with Crippen LogP contribution in [-0.4, -0.2) is 47.7 Å². The van der Waals surface area contributed by atoms with Crippen molar-refractivity contribution in [3.63, 3.8) is 0 Å². The third-order valence-corrected chi connectivity index (χ3v) is 3.50. The smallest absolute Gasteiger partial charge is 0.407 e. The van der Waals surface area contributed by atoms with Crippen LogP contribution in [0.5, 0.6) is 5.75 Å². The van der Waals surface area contributed by atoms with Gasteiger partial charge in [-0.3, -0.25) is 4.79 Å². The number of carboxylic acid groups (broad SMARTS) is 1. The summed E-state index contributed by atoms with van der Waals surface area (Å²) in [6, 6.07) is 5.03. The number of carbonyl (C=O) groups excluding carboxylic acids is 1. The Kier molecular flexibility index (Phi) is 5.84. The minimum atomic E-state index is -1.02. The summed E-state index contributed by atoms with van der Waals surface area (Å²) < 4.78 is 5.17. The van der Waals surface area contributed by atoms with E-state index in [1.807, 2.05) is 20.8 Å². The van der Waals surface area contributed by atoms with Gasteiger partial charge in [-0.15, -0.1) is 0 Å². The summed E-state index contributed by atoms with van der Waals surface area (Å²) in [6.07, 6.45) is -1.02. The van der Waals surface area contributed by atoms with Crippen molar-refractivity contribution in [3.05, 3.63) is 18.2 Å². The second kappa shape index (κ2) is 7.21. The third kappa shape index (κ3) is 4.77. The molecule has 2 amide bonds. The minimum absolute atomic E-state index is 0.184. The zero-order chi connectivity index (χ0) is 17.8. The summed E-state index contributed by atoms with van der Waals surface area (Å²) in [5.41, 5.74) is 6.32. The molecule has 0 saturated heterocycles. The number of hydrogen-bond acceptors (Lipinski definition) is 4. The summed E-state index contributed by atoms with van der Waals surface area (Å²) in [5, 5.41) is 9.34. The second-order valence-corrected chi connectivity index (χ2v) is 6.20. The topological polar surface area (TPSA) is 96.1 Å². The molecule has 7 nitrogen and oxygen atoms in total. The monoisotopic (exact) mass is 323 g/mol. The highest BCUT2D eigenvalue weighted by molar-refractivity contribution is 5.92. The van der Waals surface area contributed by atoms with Gasteiger partial charge in [0.1, 0.15) is 5.75 Å². The van der Waals surface area contributed by atoms with E-state index in [4.69, 9.17) is 10.5 Å². The lowest BCUT2D eigenvalue weighted by molar-refractivity contribution is -0.116. The molecule has 0 aromatic heterocycles. The fraction of sp³-hybridized carbons (Fsp3) is 0.500. The van der Waals surface area contributed by atoms with Gasteiger partial charge in [-0.25, -0.2) is 4.79 Å². The molecule has 0 radical (unpaired) electrons. The molecule has 1 rings (SSSR count). The van der Waals surface area contributed by atoms with Crippen molar-refractivity contribution in [1.29, 1.82) is 0 Å². The molecule has 0 unspecified atom stereocenters. The van der Waals surface area contributed by atoms with E-state index in [2.05, 4.69) is 0 Å². The lowest BCUT2D eigenvalue weighted by Gasteiger charge is -2.35. The average Bonchev–Trinajstić information content (AvgIpc) is 2.42. The van der Waals surface area contributed by atoms with Gasteiger partial charge in [-0.1, -0.05) is 0 Å². The summed E-state index contributed by atoms with van der Waals surface area (Å²) in [7, 11) is 1.50. The van der Waals surface area contributed by atoms with Gasteiger partial charge < -0.3 is 25.4 Å². The average molecular weight is 323 g/mol. The number of hydrogen-bond donors (Lipinski definition) is 2. The number of methoxy groups -OCH3 is 1. The maximum absolute atomic E-state index is 11.9. The standard InChI is InChI=1S/C16H25N3O4/c1-11(20)18(8-9-19(15(21)22)16(2,3)4)12-6-7-13(17)14(10-12)23-5/h6-7,10H,8-9,17H2,1-5H3,(H,21,22). The van der Waals surface area contributed by atoms with Gasteiger partial charge in [0.25, 0.3) is 0 Å². The van der Waals surface area contributed by atoms with Gasteiger partial charge in [-0.05, 0) is 32.9 Å². The van der Waals surface area contributed by atoms with Crippen molar-refractivity contribution in [2.24, 2.45) is 0 Å². The maximum Gasteiger partial charge on any atom is 0.407 e. The van der Waals surface area contributed by atoms with Crippen LogP contribution in [0.1, 0.15) is 27.7 Å². The Morgan fingerprint density at radius 3 is 2.30 bits per heavy atom. The Balaban J connectivity index is 3.00. The second-order valence-electron chi connectivity index (χ2n) is 6.20. The van der Waals surface area contributed by atoms with E-state index in [0.29, 0.717) is 17.1 Å². The molecule has 1 aromatic carbocycles. The van der Waals surface area contributed by atoms with Gasteiger partial charge in [-0.2, -0.15) is 0 Å². The fourth-order valence-electron chi connectivity index (χ4n) is 2.25. The van der Waals surface area contributed by atoms with Crippen molar-refractivity contribution in [1.82, 2.24) is 4.90 Å². The maximum atomic E-state index is 11.9. The molecule has 0 aliphatic carbocycles. The number of ether oxygens (including phenoxy) is 1. The Morgan fingerprint density at radius 1 is 1.26 bits per heavy atom. The molecule has 0 fully saturated rings. The van der Waals surface area contributed by atoms with Gasteiger partial charge in [0.15, 0.2) is 0 Å². The van der Waals surface area contributed by atoms with E-state index >= 15 is 0 Å². The number of nitrogen functional groups attached to an aromatic ring is 1. The largest absolute Gasteiger partial charge is 0.495 e. The van der Waals surface area contributed by atoms with E-state index in [1.54, 1.807) is 18.2 Å². The summed E-state index contributed by atoms with van der Waals surface area (Å²) in [5.74, 6) is 0.288. The van der Waals surface area contributed by atoms with Crippen molar-refractivity contribution < 1.29 is 19.4 Å². The highest BCUT2D eigenvalue weighted by Crippen LogP contribution is 2.27. The molecule has 7 heteroatoms. The quantitative estimate of drug-likeness (QED) is 0.811. The number of anilines is 2. The van der Waals surface area contributed by atoms with Crippen LogP contribution >= 0.6 is 0 Å². The van der Waals surface area contributed by atoms with E-state index in [-0.39, 0.29) is 19.0 Å². The Labute approximate surface area is 136 Å². The predicted molar refractivity (Wildman–Crippen MR) is 89.9 cm³/mol. The zero-order valence-electron chi connectivity index (χ0n) is 14.3. The third-order valence-electron chi connectivity index (χ3n) is 3.50. The van der Waals surface area contributed by atoms with Crippen molar-refractivity contribution in [2.45, 2.75) is 33.2 Å². The molecule has 0 aliphatic rings. The van der Waals surface area contributed by atoms with Crippen LogP contribution in [0.4, 0.5) is 16.2 Å². The summed E-state index contributed by atoms with van der Waals surface area (Å²) >= 11 is 0. The number of benzene rings is 1. The number of nitrogens with zero attached hydrogens (tertiary/aromatic N) is 2. The summed E-state index contributed by atoms with van der Waals surface area (Å²) in [6.45, 7) is 7.31. The molecule has 0 atom stereocenters. The minimum Gasteiger partial charge on any atom is -0.495 e. The molecular formula is C16H25N3O4. The Morgan fingerprint density at radius 2 is 1.87 bits per heavy atom. The van der Waals surface area contributed by atoms with Crippen molar-refractivity contribution in [3.8, 4) is 5.75 Å². The molecule has 128 valence electrons. The summed E-state index contributed by atoms with van der Waals surface area (Å²) in [4.78, 5) is 26.2. The molecule has 0 heterocycles. The van der Waals surface area contributed by atoms with E-state index < -0.39 is 11.6 Å². The molecule has 0 aliphatic heterocycles. The van der Waals surface area contributed by atoms with Crippen LogP contribution < -0.4 is 15.4 Å². The van der Waals surface area contributed by atoms with Crippen molar-refractivity contribution >= 4 is 23.4 Å². The van der Waals surface area contributed by atoms with Crippen LogP contribution in [0, 0.1) is 0 Å². The highest BCUT2D eigenvalue weighted by Gasteiger charge is 2.27. The molecular weight excluding hydrogens is 298 g/mol. The first-order valence-corrected chi connectivity index (χ1v) is 7.30. The molecule has 1 aromatic rings. The molecule has 3 N–H and O–H groups in total. The molecule has 0 saturated carbocycles. The van der Waals surface area contributed by atoms with Crippen molar-refractivity contribution in [2.75, 3.05) is 30.8 Å².